The molecule has 8 nitrogen and oxygen atoms in total. The van der Waals surface area contributed by atoms with E-state index in [-0.39, 0.29) is 35.3 Å². The van der Waals surface area contributed by atoms with E-state index >= 15 is 0 Å². The molecule has 4 aliphatic carbocycles. The number of phenolic OH excluding ortho intramolecular Hbond substituents is 1. The van der Waals surface area contributed by atoms with Crippen molar-refractivity contribution < 1.29 is 24.2 Å². The molecule has 1 aromatic carbocycles. The van der Waals surface area contributed by atoms with Gasteiger partial charge in [-0.3, -0.25) is 14.6 Å². The molecular weight excluding hydrogens is 554 g/mol. The van der Waals surface area contributed by atoms with Gasteiger partial charge in [-0.2, -0.15) is 0 Å². The number of nitrogens with zero attached hydrogens (tertiary/aromatic N) is 3. The van der Waals surface area contributed by atoms with E-state index < -0.39 is 0 Å². The zero-order valence-electron chi connectivity index (χ0n) is 26.2. The predicted octanol–water partition coefficient (Wildman–Crippen LogP) is 5.51. The minimum absolute atomic E-state index is 0.0144. The lowest BCUT2D eigenvalue weighted by Gasteiger charge is -2.46. The summed E-state index contributed by atoms with van der Waals surface area (Å²) in [5.74, 6) is 4.03. The van der Waals surface area contributed by atoms with E-state index in [0.717, 1.165) is 103 Å². The van der Waals surface area contributed by atoms with E-state index in [9.17, 15) is 15.0 Å². The molecule has 44 heavy (non-hydrogen) atoms. The van der Waals surface area contributed by atoms with Crippen molar-refractivity contribution in [2.24, 2.45) is 23.7 Å². The van der Waals surface area contributed by atoms with Gasteiger partial charge in [0.1, 0.15) is 34.5 Å². The maximum Gasteiger partial charge on any atom is 0.196 e. The summed E-state index contributed by atoms with van der Waals surface area (Å²) in [6.07, 6.45) is 4.71. The van der Waals surface area contributed by atoms with E-state index in [1.165, 1.54) is 6.42 Å². The molecule has 0 bridgehead atoms. The number of piperazine rings is 1. The Kier molecular flexibility index (Phi) is 6.63. The number of aliphatic hydroxyl groups is 1. The molecule has 1 saturated carbocycles. The molecule has 4 unspecified atom stereocenters. The number of furan rings is 1. The third-order valence-corrected chi connectivity index (χ3v) is 11.4. The maximum absolute atomic E-state index is 14.5. The number of carbonyl (C=O) groups is 1. The number of hydrogen-bond donors (Lipinski definition) is 2. The number of Topliss-reactive ketones (excluding diaryl/α,β-unsaturated/α-hetero) is 1. The first-order valence-electron chi connectivity index (χ1n) is 16.3. The van der Waals surface area contributed by atoms with Crippen molar-refractivity contribution >= 4 is 5.78 Å². The van der Waals surface area contributed by atoms with Gasteiger partial charge in [0.15, 0.2) is 5.78 Å². The van der Waals surface area contributed by atoms with Gasteiger partial charge in [0.05, 0.1) is 24.1 Å². The molecule has 4 atom stereocenters. The van der Waals surface area contributed by atoms with Crippen LogP contribution < -0.4 is 0 Å². The Morgan fingerprint density at radius 3 is 2.45 bits per heavy atom. The summed E-state index contributed by atoms with van der Waals surface area (Å²) in [4.78, 5) is 21.4. The highest BCUT2D eigenvalue weighted by Gasteiger charge is 2.56. The molecular formula is C36H43N3O5. The van der Waals surface area contributed by atoms with Crippen molar-refractivity contribution in [3.05, 3.63) is 75.1 Å². The van der Waals surface area contributed by atoms with Gasteiger partial charge >= 0.3 is 0 Å². The van der Waals surface area contributed by atoms with Gasteiger partial charge in [-0.05, 0) is 101 Å². The first-order chi connectivity index (χ1) is 21.2. The van der Waals surface area contributed by atoms with E-state index in [4.69, 9.17) is 9.15 Å². The topological polar surface area (TPSA) is 89.6 Å². The molecule has 2 N–H and O–H groups in total. The van der Waals surface area contributed by atoms with Crippen molar-refractivity contribution in [1.82, 2.24) is 14.7 Å². The lowest BCUT2D eigenvalue weighted by Crippen LogP contribution is -2.48. The van der Waals surface area contributed by atoms with Crippen molar-refractivity contribution in [3.63, 3.8) is 0 Å². The Morgan fingerprint density at radius 1 is 0.977 bits per heavy atom. The molecule has 0 spiro atoms. The average Bonchev–Trinajstić information content (AvgIpc) is 3.57. The molecule has 1 saturated heterocycles. The van der Waals surface area contributed by atoms with Crippen molar-refractivity contribution in [1.29, 1.82) is 0 Å². The minimum Gasteiger partial charge on any atom is -0.510 e. The second kappa shape index (κ2) is 10.4. The minimum atomic E-state index is -0.146. The quantitative estimate of drug-likeness (QED) is 0.467. The summed E-state index contributed by atoms with van der Waals surface area (Å²) < 4.78 is 13.2. The van der Waals surface area contributed by atoms with Gasteiger partial charge in [-0.15, -0.1) is 0 Å². The van der Waals surface area contributed by atoms with E-state index in [2.05, 4.69) is 21.7 Å². The number of carbonyl (C=O) groups excluding carboxylic acids is 1. The van der Waals surface area contributed by atoms with E-state index in [1.54, 1.807) is 6.07 Å². The van der Waals surface area contributed by atoms with Crippen LogP contribution in [0, 0.1) is 23.7 Å². The standard InChI is InChI=1S/C36H43N3O5/c1-19-28-31-25(32(33(19)41)37(2)3)17-21-16-24-23(27-11-8-22(43-27)18-39-14-12-38(4)13-15-39)9-10-26(40)30(24)34(42)29(21)36(31)44-35(28)20-6-5-7-20/h8-11,20-21,25,31-32,40-41H,5-7,12-18H2,1-4H3. The van der Waals surface area contributed by atoms with Gasteiger partial charge in [-0.25, -0.2) is 0 Å². The number of rotatable bonds is 5. The molecule has 2 aliphatic heterocycles. The smallest absolute Gasteiger partial charge is 0.196 e. The van der Waals surface area contributed by atoms with Gasteiger partial charge in [-0.1, -0.05) is 6.42 Å². The zero-order chi connectivity index (χ0) is 30.4. The first-order valence-corrected chi connectivity index (χ1v) is 16.3. The molecule has 0 amide bonds. The second-order valence-electron chi connectivity index (χ2n) is 14.1. The Bertz CT molecular complexity index is 1630. The summed E-state index contributed by atoms with van der Waals surface area (Å²) in [5.41, 5.74) is 4.83. The molecule has 0 radical (unpaired) electrons. The highest BCUT2D eigenvalue weighted by atomic mass is 16.5. The number of aliphatic hydroxyl groups excluding tert-OH is 1. The number of aromatic hydroxyl groups is 1. The van der Waals surface area contributed by atoms with Gasteiger partial charge in [0.2, 0.25) is 0 Å². The van der Waals surface area contributed by atoms with Crippen LogP contribution >= 0.6 is 0 Å². The molecule has 8 heteroatoms. The van der Waals surface area contributed by atoms with Crippen LogP contribution in [0.4, 0.5) is 0 Å². The normalized spacial score (nSPS) is 29.2. The number of hydrogen-bond acceptors (Lipinski definition) is 8. The second-order valence-corrected chi connectivity index (χ2v) is 14.1. The summed E-state index contributed by atoms with van der Waals surface area (Å²) >= 11 is 0. The van der Waals surface area contributed by atoms with Crippen molar-refractivity contribution in [2.45, 2.75) is 51.6 Å². The number of likely N-dealkylation sites (N-methyl/N-ethyl adjacent to an activating group) is 2. The number of ether oxygens (including phenoxy) is 1. The fraction of sp³-hybridized carbons (Fsp3) is 0.528. The van der Waals surface area contributed by atoms with Crippen LogP contribution in [0.1, 0.15) is 54.3 Å². The number of benzene rings is 1. The van der Waals surface area contributed by atoms with Gasteiger partial charge in [0, 0.05) is 48.8 Å². The van der Waals surface area contributed by atoms with E-state index in [0.29, 0.717) is 23.7 Å². The SMILES string of the molecule is CC1=C(O)C(N(C)C)C2CC3Cc4c(-c5ccc(CN6CCN(C)CC6)o5)ccc(O)c4C(=O)C3=C3OC(C4CCC4)=C1C32. The van der Waals surface area contributed by atoms with Crippen LogP contribution in [-0.2, 0) is 17.7 Å². The summed E-state index contributed by atoms with van der Waals surface area (Å²) in [6.45, 7) is 6.89. The number of allylic oxidation sites excluding steroid dienone is 4. The third kappa shape index (κ3) is 4.17. The van der Waals surface area contributed by atoms with Crippen LogP contribution in [0.25, 0.3) is 11.3 Å². The summed E-state index contributed by atoms with van der Waals surface area (Å²) in [7, 11) is 6.21. The fourth-order valence-electron chi connectivity index (χ4n) is 8.86. The Balaban J connectivity index is 1.19. The first kappa shape index (κ1) is 28.2. The lowest BCUT2D eigenvalue weighted by atomic mass is 9.60. The average molecular weight is 598 g/mol. The lowest BCUT2D eigenvalue weighted by molar-refractivity contribution is 0.0879. The van der Waals surface area contributed by atoms with Crippen molar-refractivity contribution in [3.8, 4) is 17.1 Å². The summed E-state index contributed by atoms with van der Waals surface area (Å²) in [6, 6.07) is 7.43. The molecule has 6 aliphatic rings. The molecule has 1 aromatic heterocycles. The molecule has 2 fully saturated rings. The Labute approximate surface area is 259 Å². The monoisotopic (exact) mass is 597 g/mol. The zero-order valence-corrected chi connectivity index (χ0v) is 26.2. The molecule has 3 heterocycles. The Morgan fingerprint density at radius 2 is 1.75 bits per heavy atom. The fourth-order valence-corrected chi connectivity index (χ4v) is 8.86. The maximum atomic E-state index is 14.5. The van der Waals surface area contributed by atoms with E-state index in [1.807, 2.05) is 39.2 Å². The summed E-state index contributed by atoms with van der Waals surface area (Å²) in [5, 5.41) is 22.7. The number of ketones is 1. The third-order valence-electron chi connectivity index (χ3n) is 11.4. The van der Waals surface area contributed by atoms with Crippen molar-refractivity contribution in [2.75, 3.05) is 47.3 Å². The Hall–Kier alpha value is -3.33. The van der Waals surface area contributed by atoms with Crippen LogP contribution in [0.15, 0.2) is 62.7 Å². The molecule has 232 valence electrons. The largest absolute Gasteiger partial charge is 0.510 e. The van der Waals surface area contributed by atoms with Crippen LogP contribution in [0.3, 0.4) is 0 Å². The van der Waals surface area contributed by atoms with Crippen LogP contribution in [0.5, 0.6) is 5.75 Å². The highest BCUT2D eigenvalue weighted by Crippen LogP contribution is 2.60. The molecule has 2 aromatic rings. The van der Waals surface area contributed by atoms with Gasteiger partial charge < -0.3 is 24.3 Å². The van der Waals surface area contributed by atoms with Crippen LogP contribution in [0.2, 0.25) is 0 Å². The molecule has 8 rings (SSSR count). The highest BCUT2D eigenvalue weighted by molar-refractivity contribution is 6.14. The number of fused-ring (bicyclic) bond motifs is 2. The van der Waals surface area contributed by atoms with Crippen LogP contribution in [-0.4, -0.2) is 84.1 Å². The van der Waals surface area contributed by atoms with Gasteiger partial charge in [0.25, 0.3) is 0 Å². The number of phenols is 1. The predicted molar refractivity (Wildman–Crippen MR) is 167 cm³/mol.